The van der Waals surface area contributed by atoms with Crippen LogP contribution >= 0.6 is 11.3 Å². The number of nitrogens with two attached hydrogens (primary N) is 1. The van der Waals surface area contributed by atoms with Crippen LogP contribution in [-0.2, 0) is 6.42 Å². The van der Waals surface area contributed by atoms with Crippen LogP contribution in [0.3, 0.4) is 0 Å². The summed E-state index contributed by atoms with van der Waals surface area (Å²) in [4.78, 5) is 13.6. The van der Waals surface area contributed by atoms with Crippen molar-refractivity contribution < 1.29 is 4.79 Å². The molecule has 0 saturated heterocycles. The number of amides is 1. The van der Waals surface area contributed by atoms with Crippen LogP contribution in [0.1, 0.15) is 54.3 Å². The fourth-order valence-corrected chi connectivity index (χ4v) is 3.19. The van der Waals surface area contributed by atoms with Crippen molar-refractivity contribution in [2.45, 2.75) is 39.7 Å². The van der Waals surface area contributed by atoms with Crippen LogP contribution in [0.15, 0.2) is 17.5 Å². The second kappa shape index (κ2) is 6.76. The maximum absolute atomic E-state index is 12.4. The van der Waals surface area contributed by atoms with Gasteiger partial charge in [-0.15, -0.1) is 11.3 Å². The molecule has 2 heterocycles. The molecule has 1 atom stereocenters. The molecule has 0 bridgehead atoms. The predicted octanol–water partition coefficient (Wildman–Crippen LogP) is 3.13. The van der Waals surface area contributed by atoms with E-state index in [0.29, 0.717) is 17.3 Å². The Morgan fingerprint density at radius 3 is 2.86 bits per heavy atom. The highest BCUT2D eigenvalue weighted by Gasteiger charge is 2.23. The maximum Gasteiger partial charge on any atom is 0.274 e. The van der Waals surface area contributed by atoms with Crippen molar-refractivity contribution in [3.63, 3.8) is 0 Å². The largest absolute Gasteiger partial charge is 0.395 e. The van der Waals surface area contributed by atoms with Crippen LogP contribution in [-0.4, -0.2) is 16.1 Å². The lowest BCUT2D eigenvalue weighted by Gasteiger charge is -2.20. The van der Waals surface area contributed by atoms with E-state index in [9.17, 15) is 4.79 Å². The zero-order chi connectivity index (χ0) is 15.4. The minimum Gasteiger partial charge on any atom is -0.395 e. The number of carbonyl (C=O) groups excluding carboxylic acids is 1. The summed E-state index contributed by atoms with van der Waals surface area (Å²) in [5, 5.41) is 12.0. The standard InChI is InChI=1S/C15H22N4OS/c1-4-6-10-12(16)14(19-18-10)15(20)17-13(9(2)3)11-7-5-8-21-11/h5,7-9,13H,4,6,16H2,1-3H3,(H,17,20)(H,18,19). The van der Waals surface area contributed by atoms with Crippen LogP contribution in [0.4, 0.5) is 5.69 Å². The van der Waals surface area contributed by atoms with Gasteiger partial charge in [0.25, 0.3) is 5.91 Å². The first-order chi connectivity index (χ1) is 10.0. The first kappa shape index (κ1) is 15.6. The van der Waals surface area contributed by atoms with Gasteiger partial charge in [-0.2, -0.15) is 5.10 Å². The summed E-state index contributed by atoms with van der Waals surface area (Å²) < 4.78 is 0. The Morgan fingerprint density at radius 2 is 2.29 bits per heavy atom. The van der Waals surface area contributed by atoms with Crippen LogP contribution < -0.4 is 11.1 Å². The number of aromatic amines is 1. The minimum absolute atomic E-state index is 0.0248. The predicted molar refractivity (Wildman–Crippen MR) is 86.4 cm³/mol. The van der Waals surface area contributed by atoms with Gasteiger partial charge in [0.15, 0.2) is 5.69 Å². The van der Waals surface area contributed by atoms with Crippen LogP contribution in [0, 0.1) is 5.92 Å². The molecule has 6 heteroatoms. The molecule has 2 rings (SSSR count). The molecule has 0 aliphatic carbocycles. The number of aromatic nitrogens is 2. The van der Waals surface area contributed by atoms with E-state index >= 15 is 0 Å². The van der Waals surface area contributed by atoms with E-state index in [1.54, 1.807) is 11.3 Å². The Kier molecular flexibility index (Phi) is 5.01. The molecule has 2 aromatic rings. The topological polar surface area (TPSA) is 83.8 Å². The Balaban J connectivity index is 2.16. The zero-order valence-corrected chi connectivity index (χ0v) is 13.5. The van der Waals surface area contributed by atoms with Gasteiger partial charge in [-0.1, -0.05) is 33.3 Å². The Bertz CT molecular complexity index is 589. The number of aryl methyl sites for hydroxylation is 1. The molecule has 5 nitrogen and oxygen atoms in total. The Morgan fingerprint density at radius 1 is 1.52 bits per heavy atom. The third kappa shape index (κ3) is 3.44. The van der Waals surface area contributed by atoms with Crippen LogP contribution in [0.25, 0.3) is 0 Å². The van der Waals surface area contributed by atoms with E-state index in [0.717, 1.165) is 23.4 Å². The molecule has 0 spiro atoms. The average Bonchev–Trinajstić information content (AvgIpc) is 3.07. The van der Waals surface area contributed by atoms with Gasteiger partial charge >= 0.3 is 0 Å². The highest BCUT2D eigenvalue weighted by atomic mass is 32.1. The smallest absolute Gasteiger partial charge is 0.274 e. The number of anilines is 1. The summed E-state index contributed by atoms with van der Waals surface area (Å²) in [6.07, 6.45) is 1.75. The Labute approximate surface area is 128 Å². The fraction of sp³-hybridized carbons (Fsp3) is 0.467. The van der Waals surface area contributed by atoms with Crippen molar-refractivity contribution in [3.05, 3.63) is 33.8 Å². The number of hydrogen-bond donors (Lipinski definition) is 3. The molecule has 0 aliphatic rings. The second-order valence-corrected chi connectivity index (χ2v) is 6.40. The lowest BCUT2D eigenvalue weighted by atomic mass is 10.0. The van der Waals surface area contributed by atoms with Crippen molar-refractivity contribution in [1.29, 1.82) is 0 Å². The number of nitrogen functional groups attached to an aromatic ring is 1. The summed E-state index contributed by atoms with van der Waals surface area (Å²) >= 11 is 1.64. The molecular formula is C15H22N4OS. The van der Waals surface area contributed by atoms with Gasteiger partial charge in [-0.3, -0.25) is 9.89 Å². The quantitative estimate of drug-likeness (QED) is 0.766. The van der Waals surface area contributed by atoms with Crippen molar-refractivity contribution in [1.82, 2.24) is 15.5 Å². The molecule has 0 saturated carbocycles. The molecule has 21 heavy (non-hydrogen) atoms. The van der Waals surface area contributed by atoms with E-state index in [2.05, 4.69) is 36.3 Å². The molecule has 1 unspecified atom stereocenters. The van der Waals surface area contributed by atoms with Crippen LogP contribution in [0.2, 0.25) is 0 Å². The third-order valence-corrected chi connectivity index (χ3v) is 4.36. The van der Waals surface area contributed by atoms with E-state index in [1.807, 2.05) is 17.5 Å². The van der Waals surface area contributed by atoms with Gasteiger partial charge < -0.3 is 11.1 Å². The lowest BCUT2D eigenvalue weighted by molar-refractivity contribution is 0.0922. The monoisotopic (exact) mass is 306 g/mol. The Hall–Kier alpha value is -1.82. The molecule has 1 amide bonds. The normalized spacial score (nSPS) is 12.6. The molecule has 2 aromatic heterocycles. The van der Waals surface area contributed by atoms with Crippen molar-refractivity contribution in [3.8, 4) is 0 Å². The van der Waals surface area contributed by atoms with Gasteiger partial charge in [-0.25, -0.2) is 0 Å². The number of thiophene rings is 1. The average molecular weight is 306 g/mol. The van der Waals surface area contributed by atoms with Crippen molar-refractivity contribution >= 4 is 22.9 Å². The van der Waals surface area contributed by atoms with Gasteiger partial charge in [0.2, 0.25) is 0 Å². The third-order valence-electron chi connectivity index (χ3n) is 3.40. The number of carbonyl (C=O) groups is 1. The number of hydrogen-bond acceptors (Lipinski definition) is 4. The minimum atomic E-state index is -0.224. The summed E-state index contributed by atoms with van der Waals surface area (Å²) in [5.74, 6) is 0.0704. The van der Waals surface area contributed by atoms with E-state index in [4.69, 9.17) is 5.73 Å². The highest BCUT2D eigenvalue weighted by Crippen LogP contribution is 2.26. The maximum atomic E-state index is 12.4. The molecule has 0 aliphatic heterocycles. The van der Waals surface area contributed by atoms with Gasteiger partial charge in [0.1, 0.15) is 0 Å². The number of nitrogens with one attached hydrogen (secondary N) is 2. The van der Waals surface area contributed by atoms with E-state index in [1.165, 1.54) is 0 Å². The molecule has 114 valence electrons. The van der Waals surface area contributed by atoms with Crippen LogP contribution in [0.5, 0.6) is 0 Å². The van der Waals surface area contributed by atoms with Gasteiger partial charge in [0, 0.05) is 4.88 Å². The van der Waals surface area contributed by atoms with E-state index < -0.39 is 0 Å². The second-order valence-electron chi connectivity index (χ2n) is 5.43. The van der Waals surface area contributed by atoms with Crippen molar-refractivity contribution in [2.75, 3.05) is 5.73 Å². The molecular weight excluding hydrogens is 284 g/mol. The fourth-order valence-electron chi connectivity index (χ4n) is 2.24. The molecule has 0 radical (unpaired) electrons. The highest BCUT2D eigenvalue weighted by molar-refractivity contribution is 7.10. The first-order valence-electron chi connectivity index (χ1n) is 7.21. The first-order valence-corrected chi connectivity index (χ1v) is 8.09. The summed E-state index contributed by atoms with van der Waals surface area (Å²) in [6, 6.07) is 4.00. The number of H-pyrrole nitrogens is 1. The summed E-state index contributed by atoms with van der Waals surface area (Å²) in [7, 11) is 0. The zero-order valence-electron chi connectivity index (χ0n) is 12.6. The van der Waals surface area contributed by atoms with Gasteiger partial charge in [-0.05, 0) is 23.8 Å². The number of rotatable bonds is 6. The SMILES string of the molecule is CCCc1[nH]nc(C(=O)NC(c2cccs2)C(C)C)c1N. The summed E-state index contributed by atoms with van der Waals surface area (Å²) in [5.41, 5.74) is 7.60. The summed E-state index contributed by atoms with van der Waals surface area (Å²) in [6.45, 7) is 6.23. The lowest BCUT2D eigenvalue weighted by Crippen LogP contribution is -2.32. The van der Waals surface area contributed by atoms with E-state index in [-0.39, 0.29) is 11.9 Å². The molecule has 0 fully saturated rings. The van der Waals surface area contributed by atoms with Gasteiger partial charge in [0.05, 0.1) is 17.4 Å². The number of nitrogens with zero attached hydrogens (tertiary/aromatic N) is 1. The van der Waals surface area contributed by atoms with Crippen molar-refractivity contribution in [2.24, 2.45) is 5.92 Å². The molecule has 4 N–H and O–H groups in total. The molecule has 0 aromatic carbocycles.